The summed E-state index contributed by atoms with van der Waals surface area (Å²) in [6.07, 6.45) is 1.75. The summed E-state index contributed by atoms with van der Waals surface area (Å²) >= 11 is 3.37. The fraction of sp³-hybridized carbons (Fsp3) is 0. The standard InChI is InChI=1S/C15H7BrN2O2/c16-8-5-6-11-17-12-13(18(11)7-8)15(20)10-4-2-1-3-9(10)14(12)19/h1-7H. The average molecular weight is 327 g/mol. The Morgan fingerprint density at radius 3 is 2.40 bits per heavy atom. The topological polar surface area (TPSA) is 51.4 Å². The first-order valence-corrected chi connectivity index (χ1v) is 6.82. The highest BCUT2D eigenvalue weighted by molar-refractivity contribution is 9.10. The number of pyridine rings is 1. The van der Waals surface area contributed by atoms with Gasteiger partial charge in [-0.3, -0.25) is 14.0 Å². The van der Waals surface area contributed by atoms with Crippen molar-refractivity contribution < 1.29 is 9.59 Å². The molecule has 0 fully saturated rings. The summed E-state index contributed by atoms with van der Waals surface area (Å²) in [7, 11) is 0. The van der Waals surface area contributed by atoms with Crippen LogP contribution in [-0.2, 0) is 0 Å². The second kappa shape index (κ2) is 3.86. The number of carbonyl (C=O) groups is 2. The van der Waals surface area contributed by atoms with Crippen molar-refractivity contribution >= 4 is 33.1 Å². The second-order valence-electron chi connectivity index (χ2n) is 4.59. The zero-order valence-corrected chi connectivity index (χ0v) is 11.7. The Morgan fingerprint density at radius 2 is 1.65 bits per heavy atom. The van der Waals surface area contributed by atoms with Crippen molar-refractivity contribution in [1.82, 2.24) is 9.38 Å². The lowest BCUT2D eigenvalue weighted by Crippen LogP contribution is -2.21. The Balaban J connectivity index is 2.12. The normalized spacial score (nSPS) is 13.4. The van der Waals surface area contributed by atoms with Crippen molar-refractivity contribution in [3.63, 3.8) is 0 Å². The Bertz CT molecular complexity index is 911. The molecule has 1 aromatic carbocycles. The van der Waals surface area contributed by atoms with Gasteiger partial charge in [0.1, 0.15) is 17.0 Å². The smallest absolute Gasteiger partial charge is 0.214 e. The monoisotopic (exact) mass is 326 g/mol. The molecule has 2 aromatic heterocycles. The van der Waals surface area contributed by atoms with Crippen LogP contribution in [0.25, 0.3) is 5.65 Å². The van der Waals surface area contributed by atoms with Crippen LogP contribution in [0.2, 0.25) is 0 Å². The molecule has 1 aliphatic rings. The third-order valence-electron chi connectivity index (χ3n) is 3.43. The summed E-state index contributed by atoms with van der Waals surface area (Å²) in [5.41, 5.74) is 2.02. The Kier molecular flexibility index (Phi) is 2.23. The largest absolute Gasteiger partial charge is 0.295 e. The summed E-state index contributed by atoms with van der Waals surface area (Å²) in [6.45, 7) is 0. The minimum Gasteiger partial charge on any atom is -0.295 e. The van der Waals surface area contributed by atoms with E-state index < -0.39 is 0 Å². The maximum atomic E-state index is 12.6. The van der Waals surface area contributed by atoms with Gasteiger partial charge in [-0.2, -0.15) is 0 Å². The van der Waals surface area contributed by atoms with E-state index in [2.05, 4.69) is 20.9 Å². The minimum atomic E-state index is -0.199. The van der Waals surface area contributed by atoms with Crippen LogP contribution < -0.4 is 0 Å². The lowest BCUT2D eigenvalue weighted by atomic mass is 9.90. The Hall–Kier alpha value is -2.27. The molecule has 5 heteroatoms. The van der Waals surface area contributed by atoms with Gasteiger partial charge in [0, 0.05) is 21.8 Å². The third-order valence-corrected chi connectivity index (χ3v) is 3.90. The fourth-order valence-electron chi connectivity index (χ4n) is 2.53. The number of fused-ring (bicyclic) bond motifs is 4. The van der Waals surface area contributed by atoms with E-state index in [0.717, 1.165) is 4.47 Å². The van der Waals surface area contributed by atoms with Gasteiger partial charge in [0.25, 0.3) is 0 Å². The van der Waals surface area contributed by atoms with Crippen molar-refractivity contribution in [3.05, 3.63) is 69.6 Å². The molecule has 3 aromatic rings. The van der Waals surface area contributed by atoms with E-state index in [0.29, 0.717) is 22.5 Å². The van der Waals surface area contributed by atoms with Crippen molar-refractivity contribution in [2.45, 2.75) is 0 Å². The van der Waals surface area contributed by atoms with E-state index in [9.17, 15) is 9.59 Å². The molecule has 20 heavy (non-hydrogen) atoms. The molecule has 4 nitrogen and oxygen atoms in total. The highest BCUT2D eigenvalue weighted by atomic mass is 79.9. The average Bonchev–Trinajstić information content (AvgIpc) is 2.84. The first kappa shape index (κ1) is 11.5. The molecule has 0 saturated carbocycles. The predicted octanol–water partition coefficient (Wildman–Crippen LogP) is 2.87. The molecule has 0 bridgehead atoms. The van der Waals surface area contributed by atoms with E-state index in [1.165, 1.54) is 0 Å². The van der Waals surface area contributed by atoms with Crippen molar-refractivity contribution in [3.8, 4) is 0 Å². The van der Waals surface area contributed by atoms with Gasteiger partial charge in [0.2, 0.25) is 11.6 Å². The number of hydrogen-bond acceptors (Lipinski definition) is 3. The van der Waals surface area contributed by atoms with Gasteiger partial charge in [-0.1, -0.05) is 24.3 Å². The summed E-state index contributed by atoms with van der Waals surface area (Å²) in [5, 5.41) is 0. The third kappa shape index (κ3) is 1.38. The number of nitrogens with zero attached hydrogens (tertiary/aromatic N) is 2. The Morgan fingerprint density at radius 1 is 0.950 bits per heavy atom. The quantitative estimate of drug-likeness (QED) is 0.499. The molecular weight excluding hydrogens is 320 g/mol. The van der Waals surface area contributed by atoms with E-state index in [1.54, 1.807) is 40.9 Å². The highest BCUT2D eigenvalue weighted by Gasteiger charge is 2.33. The number of aromatic nitrogens is 2. The summed E-state index contributed by atoms with van der Waals surface area (Å²) < 4.78 is 2.49. The molecule has 0 N–H and O–H groups in total. The maximum Gasteiger partial charge on any atom is 0.214 e. The first-order chi connectivity index (χ1) is 9.66. The van der Waals surface area contributed by atoms with Crippen LogP contribution in [0.4, 0.5) is 0 Å². The molecule has 0 amide bonds. The molecule has 2 heterocycles. The zero-order valence-electron chi connectivity index (χ0n) is 10.1. The lowest BCUT2D eigenvalue weighted by Gasteiger charge is -2.13. The van der Waals surface area contributed by atoms with Gasteiger partial charge < -0.3 is 0 Å². The van der Waals surface area contributed by atoms with Crippen molar-refractivity contribution in [2.24, 2.45) is 0 Å². The number of benzene rings is 1. The van der Waals surface area contributed by atoms with E-state index in [1.807, 2.05) is 6.07 Å². The molecule has 1 aliphatic carbocycles. The molecule has 0 radical (unpaired) electrons. The number of hydrogen-bond donors (Lipinski definition) is 0. The second-order valence-corrected chi connectivity index (χ2v) is 5.50. The summed E-state index contributed by atoms with van der Waals surface area (Å²) in [4.78, 5) is 29.4. The highest BCUT2D eigenvalue weighted by Crippen LogP contribution is 2.28. The first-order valence-electron chi connectivity index (χ1n) is 6.03. The van der Waals surface area contributed by atoms with E-state index in [4.69, 9.17) is 0 Å². The van der Waals surface area contributed by atoms with Gasteiger partial charge in [-0.15, -0.1) is 0 Å². The lowest BCUT2D eigenvalue weighted by molar-refractivity contribution is 0.0973. The summed E-state index contributed by atoms with van der Waals surface area (Å²) in [6, 6.07) is 10.5. The minimum absolute atomic E-state index is 0.166. The SMILES string of the molecule is O=C1c2ccccc2C(=O)c2c1nc1ccc(Br)cn21. The summed E-state index contributed by atoms with van der Waals surface area (Å²) in [5.74, 6) is -0.365. The van der Waals surface area contributed by atoms with Crippen molar-refractivity contribution in [1.29, 1.82) is 0 Å². The molecule has 96 valence electrons. The molecule has 4 rings (SSSR count). The van der Waals surface area contributed by atoms with Crippen LogP contribution in [0.5, 0.6) is 0 Å². The van der Waals surface area contributed by atoms with Gasteiger partial charge in [0.05, 0.1) is 0 Å². The van der Waals surface area contributed by atoms with Gasteiger partial charge in [-0.25, -0.2) is 4.98 Å². The number of halogens is 1. The van der Waals surface area contributed by atoms with Crippen LogP contribution in [0.1, 0.15) is 32.1 Å². The number of carbonyl (C=O) groups excluding carboxylic acids is 2. The van der Waals surface area contributed by atoms with Gasteiger partial charge in [0.15, 0.2) is 0 Å². The van der Waals surface area contributed by atoms with Gasteiger partial charge >= 0.3 is 0 Å². The van der Waals surface area contributed by atoms with Crippen LogP contribution in [0.15, 0.2) is 47.1 Å². The number of imidazole rings is 1. The molecule has 0 unspecified atom stereocenters. The molecular formula is C15H7BrN2O2. The fourth-order valence-corrected chi connectivity index (χ4v) is 2.87. The van der Waals surface area contributed by atoms with Crippen LogP contribution in [0, 0.1) is 0 Å². The van der Waals surface area contributed by atoms with Crippen molar-refractivity contribution in [2.75, 3.05) is 0 Å². The predicted molar refractivity (Wildman–Crippen MR) is 76.2 cm³/mol. The van der Waals surface area contributed by atoms with E-state index in [-0.39, 0.29) is 17.3 Å². The van der Waals surface area contributed by atoms with Crippen LogP contribution in [-0.4, -0.2) is 21.0 Å². The molecule has 0 aliphatic heterocycles. The number of rotatable bonds is 0. The van der Waals surface area contributed by atoms with E-state index >= 15 is 0 Å². The van der Waals surface area contributed by atoms with Gasteiger partial charge in [-0.05, 0) is 28.1 Å². The van der Waals surface area contributed by atoms with Crippen LogP contribution >= 0.6 is 15.9 Å². The zero-order chi connectivity index (χ0) is 13.9. The van der Waals surface area contributed by atoms with Crippen LogP contribution in [0.3, 0.4) is 0 Å². The molecule has 0 atom stereocenters. The maximum absolute atomic E-state index is 12.6. The Labute approximate surface area is 122 Å². The molecule has 0 saturated heterocycles. The molecule has 0 spiro atoms. The number of ketones is 2.